The Labute approximate surface area is 190 Å². The lowest BCUT2D eigenvalue weighted by molar-refractivity contribution is 0.356. The first-order valence-corrected chi connectivity index (χ1v) is 13.8. The summed E-state index contributed by atoms with van der Waals surface area (Å²) >= 11 is 1.90. The zero-order valence-electron chi connectivity index (χ0n) is 18.0. The second kappa shape index (κ2) is 9.19. The number of anilines is 1. The summed E-state index contributed by atoms with van der Waals surface area (Å²) in [6.07, 6.45) is 8.34. The van der Waals surface area contributed by atoms with Gasteiger partial charge in [-0.05, 0) is 44.1 Å². The Balaban J connectivity index is 1.27. The van der Waals surface area contributed by atoms with Gasteiger partial charge in [0.15, 0.2) is 0 Å². The van der Waals surface area contributed by atoms with E-state index in [1.54, 1.807) is 6.07 Å². The summed E-state index contributed by atoms with van der Waals surface area (Å²) in [5, 5.41) is 4.96. The van der Waals surface area contributed by atoms with Crippen molar-refractivity contribution in [1.29, 1.82) is 0 Å². The van der Waals surface area contributed by atoms with E-state index in [1.807, 2.05) is 28.8 Å². The third kappa shape index (κ3) is 4.68. The third-order valence-electron chi connectivity index (χ3n) is 6.94. The standard InChI is InChI=1S/C22H31N5O2S2/c1-15-3-2-4-19(15)27-20(28)6-5-16-13-23-22(25-21(16)27)24-17-7-10-26(11-8-17)30-18-9-12-31(29)14-18/h5-6,13,15,17-19H,2-4,7-12,14H2,1H3,(H,23,24,25)/t15-,18?,19?,31?/m0/s1. The molecule has 168 valence electrons. The molecule has 3 aliphatic rings. The third-order valence-corrected chi connectivity index (χ3v) is 9.98. The van der Waals surface area contributed by atoms with E-state index in [2.05, 4.69) is 21.5 Å². The lowest BCUT2D eigenvalue weighted by Gasteiger charge is -2.32. The molecule has 2 saturated heterocycles. The summed E-state index contributed by atoms with van der Waals surface area (Å²) in [5.74, 6) is 2.82. The van der Waals surface area contributed by atoms with Crippen LogP contribution in [0.3, 0.4) is 0 Å². The van der Waals surface area contributed by atoms with Crippen molar-refractivity contribution in [1.82, 2.24) is 18.8 Å². The predicted octanol–water partition coefficient (Wildman–Crippen LogP) is 3.20. The quantitative estimate of drug-likeness (QED) is 0.685. The Morgan fingerprint density at radius 2 is 2.00 bits per heavy atom. The molecular formula is C22H31N5O2S2. The van der Waals surface area contributed by atoms with E-state index >= 15 is 0 Å². The minimum atomic E-state index is -0.610. The highest BCUT2D eigenvalue weighted by molar-refractivity contribution is 7.99. The molecule has 0 bridgehead atoms. The van der Waals surface area contributed by atoms with E-state index in [1.165, 1.54) is 0 Å². The van der Waals surface area contributed by atoms with Crippen molar-refractivity contribution in [3.63, 3.8) is 0 Å². The van der Waals surface area contributed by atoms with Gasteiger partial charge in [-0.25, -0.2) is 4.98 Å². The van der Waals surface area contributed by atoms with Gasteiger partial charge >= 0.3 is 0 Å². The van der Waals surface area contributed by atoms with E-state index in [0.29, 0.717) is 23.2 Å². The minimum Gasteiger partial charge on any atom is -0.351 e. The normalized spacial score (nSPS) is 30.2. The van der Waals surface area contributed by atoms with Gasteiger partial charge in [0.25, 0.3) is 5.56 Å². The van der Waals surface area contributed by atoms with Gasteiger partial charge in [0.1, 0.15) is 5.65 Å². The van der Waals surface area contributed by atoms with Crippen molar-refractivity contribution in [2.24, 2.45) is 5.92 Å². The molecule has 2 aromatic rings. The van der Waals surface area contributed by atoms with Crippen LogP contribution in [0.15, 0.2) is 23.1 Å². The first-order valence-electron chi connectivity index (χ1n) is 11.5. The van der Waals surface area contributed by atoms with Crippen LogP contribution in [0.2, 0.25) is 0 Å². The van der Waals surface area contributed by atoms with Crippen LogP contribution in [-0.4, -0.2) is 58.9 Å². The number of hydrogen-bond acceptors (Lipinski definition) is 7. The number of hydrogen-bond donors (Lipinski definition) is 1. The molecule has 1 N–H and O–H groups in total. The Morgan fingerprint density at radius 3 is 2.71 bits per heavy atom. The minimum absolute atomic E-state index is 0.0362. The number of pyridine rings is 1. The van der Waals surface area contributed by atoms with Crippen molar-refractivity contribution in [3.8, 4) is 0 Å². The molecule has 0 aromatic carbocycles. The first-order chi connectivity index (χ1) is 15.1. The van der Waals surface area contributed by atoms with Crippen molar-refractivity contribution < 1.29 is 4.21 Å². The van der Waals surface area contributed by atoms with E-state index in [0.717, 1.165) is 74.2 Å². The molecule has 7 nitrogen and oxygen atoms in total. The highest BCUT2D eigenvalue weighted by Crippen LogP contribution is 2.35. The molecule has 5 rings (SSSR count). The Bertz CT molecular complexity index is 1020. The highest BCUT2D eigenvalue weighted by atomic mass is 32.2. The number of fused-ring (bicyclic) bond motifs is 1. The SMILES string of the molecule is C[C@H]1CCCC1n1c(=O)ccc2cnc(NC3CCN(SC4CCS(=O)C4)CC3)nc21. The maximum Gasteiger partial charge on any atom is 0.252 e. The first kappa shape index (κ1) is 21.4. The molecule has 3 unspecified atom stereocenters. The molecule has 1 saturated carbocycles. The van der Waals surface area contributed by atoms with Gasteiger partial charge < -0.3 is 5.32 Å². The molecule has 2 aliphatic heterocycles. The highest BCUT2D eigenvalue weighted by Gasteiger charge is 2.29. The van der Waals surface area contributed by atoms with Crippen LogP contribution in [0.25, 0.3) is 11.0 Å². The Hall–Kier alpha value is -1.45. The monoisotopic (exact) mass is 461 g/mol. The van der Waals surface area contributed by atoms with E-state index in [9.17, 15) is 9.00 Å². The fourth-order valence-corrected chi connectivity index (χ4v) is 8.37. The van der Waals surface area contributed by atoms with Crippen molar-refractivity contribution in [3.05, 3.63) is 28.7 Å². The molecule has 4 heterocycles. The second-order valence-electron chi connectivity index (χ2n) is 9.16. The van der Waals surface area contributed by atoms with Gasteiger partial charge in [-0.3, -0.25) is 17.9 Å². The lowest BCUT2D eigenvalue weighted by atomic mass is 10.1. The van der Waals surface area contributed by atoms with Crippen LogP contribution in [0.5, 0.6) is 0 Å². The number of rotatable bonds is 5. The smallest absolute Gasteiger partial charge is 0.252 e. The van der Waals surface area contributed by atoms with Crippen molar-refractivity contribution in [2.75, 3.05) is 29.9 Å². The van der Waals surface area contributed by atoms with Crippen LogP contribution >= 0.6 is 11.9 Å². The van der Waals surface area contributed by atoms with Crippen LogP contribution < -0.4 is 10.9 Å². The molecule has 0 amide bonds. The number of piperidine rings is 1. The molecule has 1 aliphatic carbocycles. The van der Waals surface area contributed by atoms with E-state index in [4.69, 9.17) is 4.98 Å². The number of nitrogens with one attached hydrogen (secondary N) is 1. The van der Waals surface area contributed by atoms with Crippen LogP contribution in [-0.2, 0) is 10.8 Å². The summed E-state index contributed by atoms with van der Waals surface area (Å²) in [7, 11) is -0.610. The zero-order chi connectivity index (χ0) is 21.4. The van der Waals surface area contributed by atoms with Crippen LogP contribution in [0, 0.1) is 5.92 Å². The summed E-state index contributed by atoms with van der Waals surface area (Å²) < 4.78 is 16.0. The van der Waals surface area contributed by atoms with Gasteiger partial charge in [-0.2, -0.15) is 4.98 Å². The van der Waals surface area contributed by atoms with Crippen molar-refractivity contribution in [2.45, 2.75) is 62.8 Å². The average molecular weight is 462 g/mol. The lowest BCUT2D eigenvalue weighted by Crippen LogP contribution is -2.37. The Morgan fingerprint density at radius 1 is 1.16 bits per heavy atom. The van der Waals surface area contributed by atoms with Crippen LogP contribution in [0.4, 0.5) is 5.95 Å². The topological polar surface area (TPSA) is 80.1 Å². The maximum atomic E-state index is 12.7. The van der Waals surface area contributed by atoms with E-state index < -0.39 is 10.8 Å². The van der Waals surface area contributed by atoms with Gasteiger partial charge in [-0.15, -0.1) is 0 Å². The molecule has 2 aromatic heterocycles. The second-order valence-corrected chi connectivity index (χ2v) is 12.2. The summed E-state index contributed by atoms with van der Waals surface area (Å²) in [6.45, 7) is 4.27. The largest absolute Gasteiger partial charge is 0.351 e. The fraction of sp³-hybridized carbons (Fsp3) is 0.682. The number of nitrogens with zero attached hydrogens (tertiary/aromatic N) is 4. The summed E-state index contributed by atoms with van der Waals surface area (Å²) in [6, 6.07) is 4.05. The van der Waals surface area contributed by atoms with Gasteiger partial charge in [0.2, 0.25) is 5.95 Å². The molecule has 3 fully saturated rings. The van der Waals surface area contributed by atoms with Crippen LogP contribution in [0.1, 0.15) is 51.5 Å². The predicted molar refractivity (Wildman–Crippen MR) is 128 cm³/mol. The number of aromatic nitrogens is 3. The average Bonchev–Trinajstić information content (AvgIpc) is 3.37. The molecule has 4 atom stereocenters. The van der Waals surface area contributed by atoms with E-state index in [-0.39, 0.29) is 11.6 Å². The van der Waals surface area contributed by atoms with Gasteiger partial charge in [0, 0.05) is 70.4 Å². The summed E-state index contributed by atoms with van der Waals surface area (Å²) in [5.41, 5.74) is 0.792. The molecule has 0 spiro atoms. The zero-order valence-corrected chi connectivity index (χ0v) is 19.7. The van der Waals surface area contributed by atoms with Crippen molar-refractivity contribution >= 4 is 39.7 Å². The van der Waals surface area contributed by atoms with Gasteiger partial charge in [-0.1, -0.05) is 25.3 Å². The maximum absolute atomic E-state index is 12.7. The Kier molecular flexibility index (Phi) is 6.35. The molecule has 0 radical (unpaired) electrons. The summed E-state index contributed by atoms with van der Waals surface area (Å²) in [4.78, 5) is 22.1. The van der Waals surface area contributed by atoms with Gasteiger partial charge in [0.05, 0.1) is 0 Å². The fourth-order valence-electron chi connectivity index (χ4n) is 5.16. The molecule has 9 heteroatoms. The molecule has 31 heavy (non-hydrogen) atoms. The molecular weight excluding hydrogens is 430 g/mol.